The molecule has 2 N–H and O–H groups in total. The third-order valence-electron chi connectivity index (χ3n) is 4.51. The lowest BCUT2D eigenvalue weighted by molar-refractivity contribution is -0.149. The first kappa shape index (κ1) is 23.7. The van der Waals surface area contributed by atoms with Crippen molar-refractivity contribution in [3.63, 3.8) is 0 Å². The molecule has 170 valence electrons. The van der Waals surface area contributed by atoms with E-state index in [2.05, 4.69) is 15.0 Å². The molecule has 3 rings (SSSR count). The van der Waals surface area contributed by atoms with E-state index in [9.17, 15) is 22.4 Å². The molecule has 0 saturated heterocycles. The van der Waals surface area contributed by atoms with E-state index in [0.29, 0.717) is 5.69 Å². The number of esters is 1. The first-order chi connectivity index (χ1) is 14.9. The summed E-state index contributed by atoms with van der Waals surface area (Å²) in [5.41, 5.74) is -0.0137. The van der Waals surface area contributed by atoms with Crippen LogP contribution in [0.2, 0.25) is 5.02 Å². The standard InChI is InChI=1S/C21H21ClFN3O5S/c1-21(2,10-18-25-16-5-3-4-6-17(16)32(29,30)26-18)11-20(28)31-12-19(27)24-13-7-8-15(23)14(22)9-13/h3-9H,10-12H2,1-2H3,(H,24,27)(H,25,26). The molecule has 0 unspecified atom stereocenters. The summed E-state index contributed by atoms with van der Waals surface area (Å²) in [5, 5.41) is 5.29. The van der Waals surface area contributed by atoms with Crippen LogP contribution in [-0.2, 0) is 24.3 Å². The second kappa shape index (κ2) is 9.25. The molecule has 1 amide bonds. The molecule has 0 fully saturated rings. The van der Waals surface area contributed by atoms with Gasteiger partial charge in [0.2, 0.25) is 0 Å². The van der Waals surface area contributed by atoms with E-state index in [4.69, 9.17) is 16.3 Å². The number of rotatable bonds is 7. The minimum absolute atomic E-state index is 0.0783. The van der Waals surface area contributed by atoms with E-state index < -0.39 is 39.7 Å². The van der Waals surface area contributed by atoms with Crippen molar-refractivity contribution in [3.8, 4) is 0 Å². The van der Waals surface area contributed by atoms with Gasteiger partial charge in [-0.15, -0.1) is 4.40 Å². The molecule has 0 aromatic heterocycles. The van der Waals surface area contributed by atoms with Crippen molar-refractivity contribution in [1.29, 1.82) is 0 Å². The van der Waals surface area contributed by atoms with Crippen LogP contribution in [0.4, 0.5) is 15.8 Å². The van der Waals surface area contributed by atoms with Crippen molar-refractivity contribution in [2.24, 2.45) is 9.81 Å². The van der Waals surface area contributed by atoms with Crippen LogP contribution in [0.3, 0.4) is 0 Å². The second-order valence-electron chi connectivity index (χ2n) is 7.99. The lowest BCUT2D eigenvalue weighted by Gasteiger charge is -2.26. The first-order valence-electron chi connectivity index (χ1n) is 9.56. The lowest BCUT2D eigenvalue weighted by atomic mass is 9.85. The topological polar surface area (TPSA) is 114 Å². The fourth-order valence-corrected chi connectivity index (χ4v) is 4.45. The summed E-state index contributed by atoms with van der Waals surface area (Å²) in [6, 6.07) is 10.1. The molecule has 0 spiro atoms. The monoisotopic (exact) mass is 481 g/mol. The van der Waals surface area contributed by atoms with Crippen LogP contribution in [0.15, 0.2) is 51.8 Å². The number of halogens is 2. The fourth-order valence-electron chi connectivity index (χ4n) is 3.12. The maximum Gasteiger partial charge on any atom is 0.306 e. The number of nitrogens with zero attached hydrogens (tertiary/aromatic N) is 1. The summed E-state index contributed by atoms with van der Waals surface area (Å²) in [6.45, 7) is 2.98. The van der Waals surface area contributed by atoms with Gasteiger partial charge in [0.1, 0.15) is 16.5 Å². The van der Waals surface area contributed by atoms with Gasteiger partial charge < -0.3 is 15.4 Å². The van der Waals surface area contributed by atoms with Crippen LogP contribution in [0, 0.1) is 11.2 Å². The second-order valence-corrected chi connectivity index (χ2v) is 9.97. The van der Waals surface area contributed by atoms with E-state index in [-0.39, 0.29) is 34.3 Å². The molecule has 1 aliphatic heterocycles. The van der Waals surface area contributed by atoms with Gasteiger partial charge in [-0.05, 0) is 35.7 Å². The number of carbonyl (C=O) groups excluding carboxylic acids is 2. The van der Waals surface area contributed by atoms with E-state index in [1.165, 1.54) is 18.2 Å². The normalized spacial score (nSPS) is 14.6. The number of hydrogen-bond acceptors (Lipinski definition) is 6. The van der Waals surface area contributed by atoms with E-state index >= 15 is 0 Å². The van der Waals surface area contributed by atoms with Crippen LogP contribution < -0.4 is 10.6 Å². The van der Waals surface area contributed by atoms with Gasteiger partial charge in [0.15, 0.2) is 6.61 Å². The number of carbonyl (C=O) groups is 2. The average molecular weight is 482 g/mol. The highest BCUT2D eigenvalue weighted by Gasteiger charge is 2.30. The summed E-state index contributed by atoms with van der Waals surface area (Å²) in [6.07, 6.45) is 0.0843. The summed E-state index contributed by atoms with van der Waals surface area (Å²) < 4.78 is 46.7. The molecule has 32 heavy (non-hydrogen) atoms. The smallest absolute Gasteiger partial charge is 0.306 e. The van der Waals surface area contributed by atoms with Gasteiger partial charge in [0, 0.05) is 12.1 Å². The molecule has 8 nitrogen and oxygen atoms in total. The minimum atomic E-state index is -3.83. The van der Waals surface area contributed by atoms with Crippen molar-refractivity contribution >= 4 is 50.7 Å². The number of amidine groups is 1. The molecule has 2 aromatic carbocycles. The Kier molecular flexibility index (Phi) is 6.85. The largest absolute Gasteiger partial charge is 0.456 e. The molecular weight excluding hydrogens is 461 g/mol. The Morgan fingerprint density at radius 1 is 1.22 bits per heavy atom. The highest BCUT2D eigenvalue weighted by atomic mass is 35.5. The predicted molar refractivity (Wildman–Crippen MR) is 119 cm³/mol. The Hall–Kier alpha value is -2.98. The molecule has 2 aromatic rings. The van der Waals surface area contributed by atoms with Gasteiger partial charge in [0.25, 0.3) is 15.9 Å². The zero-order valence-corrected chi connectivity index (χ0v) is 18.9. The number of nitrogens with one attached hydrogen (secondary N) is 2. The van der Waals surface area contributed by atoms with Crippen molar-refractivity contribution in [1.82, 2.24) is 0 Å². The Balaban J connectivity index is 1.54. The van der Waals surface area contributed by atoms with E-state index in [0.717, 1.165) is 6.07 Å². The average Bonchev–Trinajstić information content (AvgIpc) is 2.68. The van der Waals surface area contributed by atoms with Gasteiger partial charge in [-0.1, -0.05) is 37.6 Å². The lowest BCUT2D eigenvalue weighted by Crippen LogP contribution is -2.30. The van der Waals surface area contributed by atoms with Gasteiger partial charge in [-0.25, -0.2) is 4.39 Å². The molecule has 0 saturated carbocycles. The van der Waals surface area contributed by atoms with Crippen LogP contribution in [0.1, 0.15) is 26.7 Å². The molecule has 0 atom stereocenters. The minimum Gasteiger partial charge on any atom is -0.456 e. The quantitative estimate of drug-likeness (QED) is 0.578. The molecule has 0 bridgehead atoms. The zero-order chi connectivity index (χ0) is 23.5. The van der Waals surface area contributed by atoms with Crippen molar-refractivity contribution in [2.75, 3.05) is 17.2 Å². The van der Waals surface area contributed by atoms with E-state index in [1.807, 2.05) is 0 Å². The van der Waals surface area contributed by atoms with E-state index in [1.54, 1.807) is 32.0 Å². The Bertz CT molecular complexity index is 1200. The van der Waals surface area contributed by atoms with Crippen molar-refractivity contribution < 1.29 is 27.1 Å². The van der Waals surface area contributed by atoms with Crippen molar-refractivity contribution in [2.45, 2.75) is 31.6 Å². The molecule has 0 radical (unpaired) electrons. The van der Waals surface area contributed by atoms with Gasteiger partial charge in [-0.3, -0.25) is 9.59 Å². The zero-order valence-electron chi connectivity index (χ0n) is 17.3. The highest BCUT2D eigenvalue weighted by Crippen LogP contribution is 2.32. The fraction of sp³-hybridized carbons (Fsp3) is 0.286. The number of para-hydroxylation sites is 1. The molecule has 0 aliphatic carbocycles. The third-order valence-corrected chi connectivity index (χ3v) is 6.17. The number of ether oxygens (including phenoxy) is 1. The molecule has 11 heteroatoms. The van der Waals surface area contributed by atoms with Gasteiger partial charge in [-0.2, -0.15) is 8.42 Å². The van der Waals surface area contributed by atoms with Crippen LogP contribution in [0.5, 0.6) is 0 Å². The molecular formula is C21H21ClFN3O5S. The third kappa shape index (κ3) is 6.04. The maximum absolute atomic E-state index is 13.2. The number of anilines is 2. The molecule has 1 aliphatic rings. The van der Waals surface area contributed by atoms with Crippen LogP contribution >= 0.6 is 11.6 Å². The van der Waals surface area contributed by atoms with Gasteiger partial charge in [0.05, 0.1) is 17.1 Å². The Labute approximate surface area is 189 Å². The highest BCUT2D eigenvalue weighted by molar-refractivity contribution is 7.90. The Morgan fingerprint density at radius 2 is 1.94 bits per heavy atom. The summed E-state index contributed by atoms with van der Waals surface area (Å²) in [4.78, 5) is 24.3. The van der Waals surface area contributed by atoms with Crippen LogP contribution in [0.25, 0.3) is 0 Å². The van der Waals surface area contributed by atoms with Crippen molar-refractivity contribution in [3.05, 3.63) is 53.3 Å². The number of sulfonamides is 1. The summed E-state index contributed by atoms with van der Waals surface area (Å²) in [7, 11) is -3.83. The predicted octanol–water partition coefficient (Wildman–Crippen LogP) is 3.98. The number of benzene rings is 2. The summed E-state index contributed by atoms with van der Waals surface area (Å²) in [5.74, 6) is -1.65. The summed E-state index contributed by atoms with van der Waals surface area (Å²) >= 11 is 5.66. The maximum atomic E-state index is 13.2. The SMILES string of the molecule is CC(C)(CC(=O)OCC(=O)Nc1ccc(F)c(Cl)c1)CC1=NS(=O)(=O)c2ccccc2N1. The number of amides is 1. The van der Waals surface area contributed by atoms with Gasteiger partial charge >= 0.3 is 5.97 Å². The van der Waals surface area contributed by atoms with Crippen LogP contribution in [-0.4, -0.2) is 32.7 Å². The number of hydrogen-bond donors (Lipinski definition) is 2. The number of fused-ring (bicyclic) bond motifs is 1. The first-order valence-corrected chi connectivity index (χ1v) is 11.4. The molecule has 1 heterocycles. The Morgan fingerprint density at radius 3 is 2.66 bits per heavy atom.